The molecular formula is C21H25N5O2S. The number of rotatable bonds is 5. The Morgan fingerprint density at radius 1 is 1.21 bits per heavy atom. The van der Waals surface area contributed by atoms with Crippen LogP contribution in [-0.2, 0) is 11.3 Å². The lowest BCUT2D eigenvalue weighted by molar-refractivity contribution is -0.116. The molecule has 0 unspecified atom stereocenters. The normalized spacial score (nSPS) is 14.5. The summed E-state index contributed by atoms with van der Waals surface area (Å²) in [6.45, 7) is 6.01. The molecule has 3 aromatic rings. The van der Waals surface area contributed by atoms with Crippen molar-refractivity contribution < 1.29 is 4.79 Å². The number of piperidine rings is 1. The number of benzene rings is 1. The van der Waals surface area contributed by atoms with Gasteiger partial charge in [-0.1, -0.05) is 43.4 Å². The van der Waals surface area contributed by atoms with Crippen molar-refractivity contribution in [2.75, 3.05) is 23.3 Å². The molecule has 1 N–H and O–H groups in total. The van der Waals surface area contributed by atoms with Crippen LogP contribution in [0.4, 0.5) is 10.8 Å². The summed E-state index contributed by atoms with van der Waals surface area (Å²) in [5, 5.41) is 3.77. The third-order valence-electron chi connectivity index (χ3n) is 5.17. The van der Waals surface area contributed by atoms with Gasteiger partial charge in [0.05, 0.1) is 0 Å². The van der Waals surface area contributed by atoms with Crippen LogP contribution in [0.2, 0.25) is 0 Å². The van der Waals surface area contributed by atoms with Crippen molar-refractivity contribution in [1.82, 2.24) is 14.5 Å². The zero-order valence-corrected chi connectivity index (χ0v) is 17.5. The van der Waals surface area contributed by atoms with Gasteiger partial charge in [0, 0.05) is 18.8 Å². The minimum absolute atomic E-state index is 0.0782. The van der Waals surface area contributed by atoms with Gasteiger partial charge in [0.15, 0.2) is 10.8 Å². The Morgan fingerprint density at radius 2 is 1.97 bits per heavy atom. The van der Waals surface area contributed by atoms with Crippen LogP contribution in [0.25, 0.3) is 10.3 Å². The molecule has 1 aliphatic heterocycles. The molecule has 1 saturated heterocycles. The number of nitrogens with one attached hydrogen (secondary N) is 1. The number of thiazole rings is 1. The number of amides is 1. The predicted molar refractivity (Wildman–Crippen MR) is 117 cm³/mol. The van der Waals surface area contributed by atoms with E-state index in [-0.39, 0.29) is 23.9 Å². The number of carbonyl (C=O) groups excluding carboxylic acids is 1. The summed E-state index contributed by atoms with van der Waals surface area (Å²) in [5.41, 5.74) is 2.08. The predicted octanol–water partition coefficient (Wildman–Crippen LogP) is 3.61. The number of aromatic nitrogens is 3. The van der Waals surface area contributed by atoms with Crippen LogP contribution >= 0.6 is 11.3 Å². The minimum atomic E-state index is -0.248. The molecule has 152 valence electrons. The second kappa shape index (κ2) is 8.32. The Bertz CT molecular complexity index is 1080. The van der Waals surface area contributed by atoms with E-state index >= 15 is 0 Å². The van der Waals surface area contributed by atoms with Gasteiger partial charge in [-0.05, 0) is 36.8 Å². The maximum atomic E-state index is 12.9. The van der Waals surface area contributed by atoms with Gasteiger partial charge in [-0.2, -0.15) is 4.98 Å². The van der Waals surface area contributed by atoms with E-state index in [1.165, 1.54) is 28.7 Å². The lowest BCUT2D eigenvalue weighted by atomic mass is 10.0. The molecule has 0 saturated carbocycles. The molecule has 0 aliphatic carbocycles. The molecule has 7 nitrogen and oxygen atoms in total. The Balaban J connectivity index is 1.54. The van der Waals surface area contributed by atoms with Crippen molar-refractivity contribution in [3.05, 3.63) is 46.5 Å². The van der Waals surface area contributed by atoms with E-state index < -0.39 is 0 Å². The second-order valence-corrected chi connectivity index (χ2v) is 8.64. The third-order valence-corrected chi connectivity index (χ3v) is 6.26. The van der Waals surface area contributed by atoms with E-state index in [0.29, 0.717) is 10.3 Å². The largest absolute Gasteiger partial charge is 0.348 e. The lowest BCUT2D eigenvalue weighted by Crippen LogP contribution is -2.29. The molecule has 8 heteroatoms. The van der Waals surface area contributed by atoms with Gasteiger partial charge in [0.1, 0.15) is 17.6 Å². The van der Waals surface area contributed by atoms with Crippen LogP contribution < -0.4 is 15.8 Å². The van der Waals surface area contributed by atoms with Crippen LogP contribution in [0.3, 0.4) is 0 Å². The number of para-hydroxylation sites is 1. The number of anilines is 2. The molecule has 1 amide bonds. The van der Waals surface area contributed by atoms with Gasteiger partial charge >= 0.3 is 0 Å². The number of nitrogens with zero attached hydrogens (tertiary/aromatic N) is 4. The van der Waals surface area contributed by atoms with E-state index in [1.807, 2.05) is 24.3 Å². The molecule has 29 heavy (non-hydrogen) atoms. The van der Waals surface area contributed by atoms with Crippen LogP contribution in [-0.4, -0.2) is 33.5 Å². The van der Waals surface area contributed by atoms with Gasteiger partial charge in [-0.25, -0.2) is 4.98 Å². The average molecular weight is 412 g/mol. The van der Waals surface area contributed by atoms with Crippen molar-refractivity contribution in [1.29, 1.82) is 0 Å². The van der Waals surface area contributed by atoms with Gasteiger partial charge in [-0.15, -0.1) is 0 Å². The molecule has 0 radical (unpaired) electrons. The van der Waals surface area contributed by atoms with Gasteiger partial charge in [-0.3, -0.25) is 14.2 Å². The van der Waals surface area contributed by atoms with E-state index in [1.54, 1.807) is 0 Å². The number of fused-ring (bicyclic) bond motifs is 1. The maximum Gasteiger partial charge on any atom is 0.273 e. The van der Waals surface area contributed by atoms with Crippen molar-refractivity contribution in [3.8, 4) is 0 Å². The summed E-state index contributed by atoms with van der Waals surface area (Å²) in [6.07, 6.45) is 4.94. The van der Waals surface area contributed by atoms with E-state index in [4.69, 9.17) is 0 Å². The van der Waals surface area contributed by atoms with Crippen LogP contribution in [0.5, 0.6) is 0 Å². The summed E-state index contributed by atoms with van der Waals surface area (Å²) in [4.78, 5) is 36.5. The van der Waals surface area contributed by atoms with Crippen LogP contribution in [0.15, 0.2) is 35.4 Å². The highest BCUT2D eigenvalue weighted by molar-refractivity contribution is 7.22. The molecule has 2 aromatic heterocycles. The van der Waals surface area contributed by atoms with E-state index in [0.717, 1.165) is 42.3 Å². The highest BCUT2D eigenvalue weighted by atomic mass is 32.1. The zero-order valence-electron chi connectivity index (χ0n) is 16.7. The summed E-state index contributed by atoms with van der Waals surface area (Å²) in [7, 11) is 0. The van der Waals surface area contributed by atoms with Crippen molar-refractivity contribution >= 4 is 38.4 Å². The quantitative estimate of drug-likeness (QED) is 0.694. The Hall–Kier alpha value is -2.74. The average Bonchev–Trinajstić information content (AvgIpc) is 3.16. The number of hydrogen-bond donors (Lipinski definition) is 1. The summed E-state index contributed by atoms with van der Waals surface area (Å²) < 4.78 is 1.86. The van der Waals surface area contributed by atoms with Crippen LogP contribution in [0.1, 0.15) is 44.6 Å². The van der Waals surface area contributed by atoms with Crippen molar-refractivity contribution in [2.45, 2.75) is 45.6 Å². The first-order valence-corrected chi connectivity index (χ1v) is 10.8. The molecule has 4 rings (SSSR count). The van der Waals surface area contributed by atoms with Gasteiger partial charge in [0.25, 0.3) is 5.56 Å². The first kappa shape index (κ1) is 19.6. The molecule has 1 fully saturated rings. The monoisotopic (exact) mass is 411 g/mol. The van der Waals surface area contributed by atoms with E-state index in [9.17, 15) is 9.59 Å². The second-order valence-electron chi connectivity index (χ2n) is 7.66. The highest BCUT2D eigenvalue weighted by Crippen LogP contribution is 2.27. The van der Waals surface area contributed by atoms with Crippen LogP contribution in [0, 0.1) is 0 Å². The fourth-order valence-electron chi connectivity index (χ4n) is 3.63. The molecular weight excluding hydrogens is 386 g/mol. The van der Waals surface area contributed by atoms with Gasteiger partial charge < -0.3 is 10.2 Å². The minimum Gasteiger partial charge on any atom is -0.348 e. The molecule has 0 bridgehead atoms. The Morgan fingerprint density at radius 3 is 2.72 bits per heavy atom. The zero-order chi connectivity index (χ0) is 20.4. The van der Waals surface area contributed by atoms with Crippen molar-refractivity contribution in [2.24, 2.45) is 0 Å². The standard InChI is InChI=1S/C21H25N5O2S/c1-14(2)15-8-4-5-9-16(15)23-17(27)12-26-13-22-19-18(20(26)28)29-21(24-19)25-10-6-3-7-11-25/h4-5,8-9,13-14H,3,6-7,10-12H2,1-2H3,(H,23,27). The SMILES string of the molecule is CC(C)c1ccccc1NC(=O)Cn1cnc2nc(N3CCCCC3)sc2c1=O. The molecule has 0 atom stereocenters. The molecule has 1 aromatic carbocycles. The first-order chi connectivity index (χ1) is 14.0. The highest BCUT2D eigenvalue weighted by Gasteiger charge is 2.18. The van der Waals surface area contributed by atoms with E-state index in [2.05, 4.69) is 34.0 Å². The number of carbonyl (C=O) groups is 1. The maximum absolute atomic E-state index is 12.9. The fourth-order valence-corrected chi connectivity index (χ4v) is 4.65. The smallest absolute Gasteiger partial charge is 0.273 e. The Kier molecular flexibility index (Phi) is 5.62. The molecule has 0 spiro atoms. The van der Waals surface area contributed by atoms with Crippen molar-refractivity contribution in [3.63, 3.8) is 0 Å². The third kappa shape index (κ3) is 4.17. The van der Waals surface area contributed by atoms with Gasteiger partial charge in [0.2, 0.25) is 5.91 Å². The Labute approximate surface area is 173 Å². The summed E-state index contributed by atoms with van der Waals surface area (Å²) in [5.74, 6) is 0.0414. The summed E-state index contributed by atoms with van der Waals surface area (Å²) >= 11 is 1.37. The first-order valence-electron chi connectivity index (χ1n) is 10.0. The fraction of sp³-hybridized carbons (Fsp3) is 0.429. The summed E-state index contributed by atoms with van der Waals surface area (Å²) in [6, 6.07) is 7.73. The topological polar surface area (TPSA) is 80.1 Å². The number of hydrogen-bond acceptors (Lipinski definition) is 6. The molecule has 1 aliphatic rings. The molecule has 3 heterocycles. The lowest BCUT2D eigenvalue weighted by Gasteiger charge is -2.25.